The number of nitrogens with one attached hydrogen (secondary N) is 1. The van der Waals surface area contributed by atoms with Gasteiger partial charge in [0.1, 0.15) is 48.8 Å². The van der Waals surface area contributed by atoms with Crippen LogP contribution in [-0.2, 0) is 23.7 Å². The minimum Gasteiger partial charge on any atom is -0.394 e. The molecule has 14 nitrogen and oxygen atoms in total. The maximum atomic E-state index is 13.2. The van der Waals surface area contributed by atoms with Crippen molar-refractivity contribution >= 4 is 5.91 Å². The molecule has 0 aromatic heterocycles. The highest BCUT2D eigenvalue weighted by atomic mass is 16.7. The molecule has 0 saturated carbocycles. The fraction of sp³-hybridized carbons (Fsp3) is 0.804. The molecule has 2 saturated heterocycles. The molecule has 2 fully saturated rings. The highest BCUT2D eigenvalue weighted by Crippen LogP contribution is 2.30. The van der Waals surface area contributed by atoms with E-state index in [1.54, 1.807) is 6.08 Å². The molecule has 12 unspecified atom stereocenters. The molecule has 0 aliphatic carbocycles. The summed E-state index contributed by atoms with van der Waals surface area (Å²) in [6.07, 6.45) is 35.4. The number of aliphatic hydroxyl groups is 8. The minimum atomic E-state index is -1.80. The Morgan fingerprint density at radius 2 is 0.957 bits per heavy atom. The number of allylic oxidation sites excluding steroid dienone is 9. The Kier molecular flexibility index (Phi) is 38.4. The van der Waals surface area contributed by atoms with Crippen molar-refractivity contribution in [3.05, 3.63) is 60.8 Å². The lowest BCUT2D eigenvalue weighted by Gasteiger charge is -2.46. The second kappa shape index (κ2) is 42.1. The molecule has 0 radical (unpaired) electrons. The first kappa shape index (κ1) is 63.8. The number of amides is 1. The average molecular weight is 994 g/mol. The molecule has 70 heavy (non-hydrogen) atoms. The maximum absolute atomic E-state index is 13.2. The van der Waals surface area contributed by atoms with Crippen LogP contribution in [0.25, 0.3) is 0 Å². The number of rotatable bonds is 42. The summed E-state index contributed by atoms with van der Waals surface area (Å²) >= 11 is 0. The molecule has 2 aliphatic heterocycles. The van der Waals surface area contributed by atoms with Gasteiger partial charge in [0.2, 0.25) is 5.91 Å². The standard InChI is InChI=1S/C56H99NO13/c1-3-5-7-9-11-13-15-17-19-20-21-22-23-24-26-27-29-31-33-35-37-39-45(60)44(57-48(61)40-38-36-34-32-30-28-25-18-16-14-12-10-8-6-4-2)43-67-55-53(66)51(64)54(47(42-59)69-55)70-56-52(65)50(63)49(62)46(41-58)68-56/h12,14,18,23-25,29,31,37,39,44-47,49-56,58-60,62-66H,3-11,13,15-17,19-22,26-28,30,32-36,38,40-43H2,1-2H3,(H,57,61)/b14-12-,24-23+,25-18-,31-29+,39-37+. The molecule has 9 N–H and O–H groups in total. The minimum absolute atomic E-state index is 0.252. The zero-order chi connectivity index (χ0) is 51.0. The van der Waals surface area contributed by atoms with Crippen molar-refractivity contribution in [3.63, 3.8) is 0 Å². The monoisotopic (exact) mass is 994 g/mol. The quantitative estimate of drug-likeness (QED) is 0.0208. The lowest BCUT2D eigenvalue weighted by Crippen LogP contribution is -2.65. The van der Waals surface area contributed by atoms with E-state index in [9.17, 15) is 45.6 Å². The van der Waals surface area contributed by atoms with Crippen LogP contribution in [0, 0.1) is 0 Å². The summed E-state index contributed by atoms with van der Waals surface area (Å²) in [5.41, 5.74) is 0. The summed E-state index contributed by atoms with van der Waals surface area (Å²) in [5.74, 6) is -0.270. The van der Waals surface area contributed by atoms with Crippen molar-refractivity contribution in [3.8, 4) is 0 Å². The number of carbonyl (C=O) groups excluding carboxylic acids is 1. The Balaban J connectivity index is 1.85. The van der Waals surface area contributed by atoms with E-state index in [4.69, 9.17) is 18.9 Å². The first-order chi connectivity index (χ1) is 34.1. The summed E-state index contributed by atoms with van der Waals surface area (Å²) in [4.78, 5) is 13.2. The topological polar surface area (TPSA) is 228 Å². The first-order valence-electron chi connectivity index (χ1n) is 27.5. The van der Waals surface area contributed by atoms with Crippen LogP contribution in [0.3, 0.4) is 0 Å². The van der Waals surface area contributed by atoms with Gasteiger partial charge in [-0.05, 0) is 77.0 Å². The molecule has 0 aromatic rings. The van der Waals surface area contributed by atoms with Gasteiger partial charge < -0.3 is 65.1 Å². The molecule has 14 heteroatoms. The third-order valence-electron chi connectivity index (χ3n) is 13.2. The molecule has 1 amide bonds. The van der Waals surface area contributed by atoms with Crippen molar-refractivity contribution in [1.82, 2.24) is 5.32 Å². The summed E-state index contributed by atoms with van der Waals surface area (Å²) in [6, 6.07) is -0.947. The van der Waals surface area contributed by atoms with E-state index in [0.29, 0.717) is 12.8 Å². The van der Waals surface area contributed by atoms with Crippen molar-refractivity contribution in [2.75, 3.05) is 19.8 Å². The van der Waals surface area contributed by atoms with E-state index in [2.05, 4.69) is 67.8 Å². The Labute approximate surface area is 422 Å². The predicted octanol–water partition coefficient (Wildman–Crippen LogP) is 8.22. The molecule has 0 spiro atoms. The Bertz CT molecular complexity index is 1410. The average Bonchev–Trinajstić information content (AvgIpc) is 3.36. The van der Waals surface area contributed by atoms with Crippen LogP contribution >= 0.6 is 0 Å². The van der Waals surface area contributed by atoms with E-state index in [1.807, 2.05) is 6.08 Å². The summed E-state index contributed by atoms with van der Waals surface area (Å²) < 4.78 is 22.7. The Hall–Kier alpha value is -2.31. The fourth-order valence-electron chi connectivity index (χ4n) is 8.65. The molecule has 2 aliphatic rings. The third-order valence-corrected chi connectivity index (χ3v) is 13.2. The number of hydrogen-bond acceptors (Lipinski definition) is 13. The smallest absolute Gasteiger partial charge is 0.220 e. The predicted molar refractivity (Wildman–Crippen MR) is 277 cm³/mol. The SMILES string of the molecule is CCCCC/C=C\C/C=C\CCCCCCCC(=O)NC(COC1OC(CO)C(OC2OC(CO)C(O)C(O)C2O)C(O)C1O)C(O)/C=C/CC/C=C/CC/C=C/CCCCCCCCCCCCC. The van der Waals surface area contributed by atoms with Crippen molar-refractivity contribution in [2.45, 2.75) is 267 Å². The summed E-state index contributed by atoms with van der Waals surface area (Å²) in [6.45, 7) is 2.72. The highest BCUT2D eigenvalue weighted by molar-refractivity contribution is 5.76. The molecule has 406 valence electrons. The van der Waals surface area contributed by atoms with Gasteiger partial charge in [-0.2, -0.15) is 0 Å². The van der Waals surface area contributed by atoms with Crippen LogP contribution in [0.15, 0.2) is 60.8 Å². The number of carbonyl (C=O) groups is 1. The van der Waals surface area contributed by atoms with E-state index in [0.717, 1.165) is 70.6 Å². The first-order valence-corrected chi connectivity index (χ1v) is 27.5. The van der Waals surface area contributed by atoms with Gasteiger partial charge in [0.05, 0.1) is 32.0 Å². The Morgan fingerprint density at radius 3 is 1.51 bits per heavy atom. The molecular formula is C56H99NO13. The van der Waals surface area contributed by atoms with Gasteiger partial charge >= 0.3 is 0 Å². The lowest BCUT2D eigenvalue weighted by molar-refractivity contribution is -0.359. The van der Waals surface area contributed by atoms with Crippen LogP contribution in [0.1, 0.15) is 194 Å². The molecular weight excluding hydrogens is 895 g/mol. The van der Waals surface area contributed by atoms with Gasteiger partial charge in [-0.1, -0.05) is 171 Å². The number of unbranched alkanes of at least 4 members (excludes halogenated alkanes) is 21. The van der Waals surface area contributed by atoms with E-state index in [-0.39, 0.29) is 18.9 Å². The maximum Gasteiger partial charge on any atom is 0.220 e. The van der Waals surface area contributed by atoms with Gasteiger partial charge in [-0.3, -0.25) is 4.79 Å². The van der Waals surface area contributed by atoms with E-state index in [1.165, 1.54) is 89.9 Å². The zero-order valence-corrected chi connectivity index (χ0v) is 43.2. The number of aliphatic hydroxyl groups excluding tert-OH is 8. The molecule has 12 atom stereocenters. The van der Waals surface area contributed by atoms with Gasteiger partial charge in [-0.15, -0.1) is 0 Å². The van der Waals surface area contributed by atoms with Gasteiger partial charge in [0, 0.05) is 6.42 Å². The second-order valence-electron chi connectivity index (χ2n) is 19.3. The summed E-state index contributed by atoms with van der Waals surface area (Å²) in [5, 5.41) is 86.8. The zero-order valence-electron chi connectivity index (χ0n) is 43.2. The number of ether oxygens (including phenoxy) is 4. The van der Waals surface area contributed by atoms with Crippen LogP contribution in [0.4, 0.5) is 0 Å². The van der Waals surface area contributed by atoms with E-state index < -0.39 is 86.8 Å². The van der Waals surface area contributed by atoms with Gasteiger partial charge in [-0.25, -0.2) is 0 Å². The van der Waals surface area contributed by atoms with Gasteiger partial charge in [0.15, 0.2) is 12.6 Å². The highest BCUT2D eigenvalue weighted by Gasteiger charge is 2.51. The van der Waals surface area contributed by atoms with Crippen molar-refractivity contribution in [2.24, 2.45) is 0 Å². The van der Waals surface area contributed by atoms with Crippen molar-refractivity contribution < 1.29 is 64.6 Å². The van der Waals surface area contributed by atoms with E-state index >= 15 is 0 Å². The molecule has 0 aromatic carbocycles. The number of hydrogen-bond donors (Lipinski definition) is 9. The van der Waals surface area contributed by atoms with Crippen LogP contribution in [0.2, 0.25) is 0 Å². The molecule has 0 bridgehead atoms. The van der Waals surface area contributed by atoms with Crippen LogP contribution in [-0.4, -0.2) is 140 Å². The van der Waals surface area contributed by atoms with Gasteiger partial charge in [0.25, 0.3) is 0 Å². The van der Waals surface area contributed by atoms with Crippen LogP contribution in [0.5, 0.6) is 0 Å². The molecule has 2 rings (SSSR count). The second-order valence-corrected chi connectivity index (χ2v) is 19.3. The molecule has 2 heterocycles. The van der Waals surface area contributed by atoms with Crippen LogP contribution < -0.4 is 5.32 Å². The summed E-state index contributed by atoms with van der Waals surface area (Å²) in [7, 11) is 0. The largest absolute Gasteiger partial charge is 0.394 e. The third kappa shape index (κ3) is 28.2. The normalized spacial score (nSPS) is 26.4. The fourth-order valence-corrected chi connectivity index (χ4v) is 8.65. The lowest BCUT2D eigenvalue weighted by atomic mass is 9.97. The van der Waals surface area contributed by atoms with Crippen molar-refractivity contribution in [1.29, 1.82) is 0 Å². The Morgan fingerprint density at radius 1 is 0.514 bits per heavy atom.